The number of esters is 1. The predicted molar refractivity (Wildman–Crippen MR) is 38.1 cm³/mol. The highest BCUT2D eigenvalue weighted by Gasteiger charge is 2.21. The topological polar surface area (TPSA) is 53.9 Å². The maximum atomic E-state index is 10.9. The Hall–Kier alpha value is -0.570. The number of rotatable bonds is 3. The van der Waals surface area contributed by atoms with Gasteiger partial charge in [-0.25, -0.2) is 4.79 Å². The molecule has 0 aromatic rings. The third-order valence-electron chi connectivity index (χ3n) is 1.39. The standard InChI is InChI=1S/C7H15NO2/c1-4-10-7(9)6(8)5(2)3/h5-6H,4,8H2,1-3H3/p+1/t6-/m0/s1. The summed E-state index contributed by atoms with van der Waals surface area (Å²) in [6.07, 6.45) is 0. The molecule has 0 aliphatic heterocycles. The van der Waals surface area contributed by atoms with Crippen molar-refractivity contribution < 1.29 is 15.3 Å². The Morgan fingerprint density at radius 3 is 2.40 bits per heavy atom. The van der Waals surface area contributed by atoms with E-state index in [-0.39, 0.29) is 17.9 Å². The van der Waals surface area contributed by atoms with Gasteiger partial charge < -0.3 is 10.5 Å². The molecule has 3 N–H and O–H groups in total. The van der Waals surface area contributed by atoms with Crippen molar-refractivity contribution in [1.29, 1.82) is 0 Å². The molecule has 10 heavy (non-hydrogen) atoms. The minimum Gasteiger partial charge on any atom is -0.462 e. The first kappa shape index (κ1) is 9.43. The summed E-state index contributed by atoms with van der Waals surface area (Å²) >= 11 is 0. The van der Waals surface area contributed by atoms with Crippen LogP contribution in [0.4, 0.5) is 0 Å². The van der Waals surface area contributed by atoms with E-state index in [1.54, 1.807) is 6.92 Å². The molecule has 0 rings (SSSR count). The van der Waals surface area contributed by atoms with Crippen LogP contribution in [0.25, 0.3) is 0 Å². The average Bonchev–Trinajstić information content (AvgIpc) is 1.87. The van der Waals surface area contributed by atoms with Crippen LogP contribution in [0.5, 0.6) is 0 Å². The van der Waals surface area contributed by atoms with Gasteiger partial charge in [-0.2, -0.15) is 0 Å². The van der Waals surface area contributed by atoms with Gasteiger partial charge in [-0.15, -0.1) is 0 Å². The molecule has 3 nitrogen and oxygen atoms in total. The van der Waals surface area contributed by atoms with Crippen LogP contribution < -0.4 is 5.73 Å². The molecule has 0 saturated heterocycles. The first-order valence-electron chi connectivity index (χ1n) is 3.59. The first-order chi connectivity index (χ1) is 4.59. The zero-order chi connectivity index (χ0) is 8.15. The van der Waals surface area contributed by atoms with Crippen molar-refractivity contribution in [3.8, 4) is 0 Å². The number of quaternary nitrogens is 1. The first-order valence-corrected chi connectivity index (χ1v) is 3.59. The SMILES string of the molecule is CCOC(=O)[C@@H]([NH3+])C(C)C. The molecule has 1 atom stereocenters. The Morgan fingerprint density at radius 1 is 1.60 bits per heavy atom. The molecule has 0 aromatic heterocycles. The summed E-state index contributed by atoms with van der Waals surface area (Å²) in [7, 11) is 0. The zero-order valence-corrected chi connectivity index (χ0v) is 6.89. The second kappa shape index (κ2) is 4.28. The van der Waals surface area contributed by atoms with E-state index >= 15 is 0 Å². The Bertz CT molecular complexity index is 112. The van der Waals surface area contributed by atoms with Crippen molar-refractivity contribution in [2.75, 3.05) is 6.61 Å². The zero-order valence-electron chi connectivity index (χ0n) is 6.89. The molecule has 0 spiro atoms. The summed E-state index contributed by atoms with van der Waals surface area (Å²) in [5.74, 6) is 0.0663. The highest BCUT2D eigenvalue weighted by atomic mass is 16.5. The molecule has 0 radical (unpaired) electrons. The molecule has 60 valence electrons. The normalized spacial score (nSPS) is 13.3. The van der Waals surface area contributed by atoms with Crippen LogP contribution in [0.2, 0.25) is 0 Å². The minimum atomic E-state index is -0.222. The van der Waals surface area contributed by atoms with Gasteiger partial charge in [0.25, 0.3) is 0 Å². The summed E-state index contributed by atoms with van der Waals surface area (Å²) in [6, 6.07) is -0.222. The van der Waals surface area contributed by atoms with Gasteiger partial charge in [-0.1, -0.05) is 13.8 Å². The van der Waals surface area contributed by atoms with Gasteiger partial charge in [0.15, 0.2) is 6.04 Å². The number of hydrogen-bond acceptors (Lipinski definition) is 2. The predicted octanol–water partition coefficient (Wildman–Crippen LogP) is -0.184. The van der Waals surface area contributed by atoms with Crippen LogP contribution in [0.15, 0.2) is 0 Å². The Balaban J connectivity index is 3.71. The fourth-order valence-electron chi connectivity index (χ4n) is 0.521. The summed E-state index contributed by atoms with van der Waals surface area (Å²) < 4.78 is 4.76. The average molecular weight is 146 g/mol. The fraction of sp³-hybridized carbons (Fsp3) is 0.857. The van der Waals surface area contributed by atoms with Gasteiger partial charge in [0, 0.05) is 5.92 Å². The van der Waals surface area contributed by atoms with Gasteiger partial charge >= 0.3 is 5.97 Å². The lowest BCUT2D eigenvalue weighted by atomic mass is 10.1. The lowest BCUT2D eigenvalue weighted by Crippen LogP contribution is -2.67. The van der Waals surface area contributed by atoms with E-state index in [4.69, 9.17) is 4.74 Å². The van der Waals surface area contributed by atoms with Crippen LogP contribution in [-0.2, 0) is 9.53 Å². The van der Waals surface area contributed by atoms with E-state index in [1.807, 2.05) is 13.8 Å². The molecule has 0 fully saturated rings. The second-order valence-electron chi connectivity index (χ2n) is 2.60. The van der Waals surface area contributed by atoms with Crippen LogP contribution in [0, 0.1) is 5.92 Å². The highest BCUT2D eigenvalue weighted by Crippen LogP contribution is 1.97. The van der Waals surface area contributed by atoms with E-state index in [2.05, 4.69) is 5.73 Å². The Morgan fingerprint density at radius 2 is 2.10 bits per heavy atom. The molecule has 0 aliphatic carbocycles. The number of ether oxygens (including phenoxy) is 1. The van der Waals surface area contributed by atoms with E-state index < -0.39 is 0 Å². The smallest absolute Gasteiger partial charge is 0.365 e. The van der Waals surface area contributed by atoms with Crippen molar-refractivity contribution in [3.05, 3.63) is 0 Å². The van der Waals surface area contributed by atoms with Gasteiger partial charge in [0.2, 0.25) is 0 Å². The van der Waals surface area contributed by atoms with E-state index in [9.17, 15) is 4.79 Å². The van der Waals surface area contributed by atoms with Crippen LogP contribution in [-0.4, -0.2) is 18.6 Å². The monoisotopic (exact) mass is 146 g/mol. The highest BCUT2D eigenvalue weighted by molar-refractivity contribution is 5.74. The molecule has 0 heterocycles. The quantitative estimate of drug-likeness (QED) is 0.561. The molecule has 0 aromatic carbocycles. The summed E-state index contributed by atoms with van der Waals surface area (Å²) in [6.45, 7) is 6.14. The lowest BCUT2D eigenvalue weighted by molar-refractivity contribution is -0.418. The molecule has 0 aliphatic rings. The van der Waals surface area contributed by atoms with Crippen LogP contribution >= 0.6 is 0 Å². The van der Waals surface area contributed by atoms with Crippen molar-refractivity contribution >= 4 is 5.97 Å². The van der Waals surface area contributed by atoms with Crippen LogP contribution in [0.1, 0.15) is 20.8 Å². The van der Waals surface area contributed by atoms with Crippen LogP contribution in [0.3, 0.4) is 0 Å². The van der Waals surface area contributed by atoms with E-state index in [0.29, 0.717) is 6.61 Å². The number of carbonyl (C=O) groups is 1. The largest absolute Gasteiger partial charge is 0.462 e. The third kappa shape index (κ3) is 2.82. The molecule has 0 amide bonds. The Labute approximate surface area is 61.5 Å². The van der Waals surface area contributed by atoms with Crippen molar-refractivity contribution in [3.63, 3.8) is 0 Å². The van der Waals surface area contributed by atoms with Crippen molar-refractivity contribution in [1.82, 2.24) is 0 Å². The molecule has 0 saturated carbocycles. The maximum absolute atomic E-state index is 10.9. The van der Waals surface area contributed by atoms with Gasteiger partial charge in [-0.05, 0) is 6.92 Å². The summed E-state index contributed by atoms with van der Waals surface area (Å²) in [4.78, 5) is 10.9. The second-order valence-corrected chi connectivity index (χ2v) is 2.60. The summed E-state index contributed by atoms with van der Waals surface area (Å²) in [5.41, 5.74) is 3.68. The van der Waals surface area contributed by atoms with Crippen molar-refractivity contribution in [2.45, 2.75) is 26.8 Å². The molecule has 3 heteroatoms. The lowest BCUT2D eigenvalue weighted by Gasteiger charge is -2.09. The molecular formula is C7H16NO2+. The fourth-order valence-corrected chi connectivity index (χ4v) is 0.521. The summed E-state index contributed by atoms with van der Waals surface area (Å²) in [5, 5.41) is 0. The van der Waals surface area contributed by atoms with Gasteiger partial charge in [0.05, 0.1) is 6.61 Å². The molecule has 0 bridgehead atoms. The number of hydrogen-bond donors (Lipinski definition) is 1. The van der Waals surface area contributed by atoms with E-state index in [0.717, 1.165) is 0 Å². The van der Waals surface area contributed by atoms with Crippen molar-refractivity contribution in [2.24, 2.45) is 5.92 Å². The maximum Gasteiger partial charge on any atom is 0.365 e. The molecular weight excluding hydrogens is 130 g/mol. The Kier molecular flexibility index (Phi) is 4.03. The number of carbonyl (C=O) groups excluding carboxylic acids is 1. The van der Waals surface area contributed by atoms with E-state index in [1.165, 1.54) is 0 Å². The third-order valence-corrected chi connectivity index (χ3v) is 1.39. The molecule has 0 unspecified atom stereocenters. The van der Waals surface area contributed by atoms with Gasteiger partial charge in [0.1, 0.15) is 0 Å². The van der Waals surface area contributed by atoms with Gasteiger partial charge in [-0.3, -0.25) is 0 Å². The minimum absolute atomic E-state index is 0.197.